The van der Waals surface area contributed by atoms with Crippen molar-refractivity contribution in [3.05, 3.63) is 0 Å². The van der Waals surface area contributed by atoms with E-state index in [1.807, 2.05) is 13.3 Å². The minimum atomic E-state index is -1.60. The largest absolute Gasteiger partial charge is 0.270 e. The highest BCUT2D eigenvalue weighted by atomic mass is 31.2. The minimum Gasteiger partial charge on any atom is -0.225 e. The minimum absolute atomic E-state index is 1.57. The first-order chi connectivity index (χ1) is 3.12. The Bertz CT molecular complexity index is 94.4. The highest BCUT2D eigenvalue weighted by molar-refractivity contribution is 7.74. The molecule has 0 unspecified atom stereocenters. The number of hydrogen-bond acceptors (Lipinski definition) is 2. The fourth-order valence-corrected chi connectivity index (χ4v) is 0.122. The first-order valence-corrected chi connectivity index (χ1v) is 4.53. The molecule has 2 nitrogen and oxygen atoms in total. The van der Waals surface area contributed by atoms with Gasteiger partial charge in [-0.15, -0.1) is 5.26 Å². The Morgan fingerprint density at radius 2 is 2.00 bits per heavy atom. The van der Waals surface area contributed by atoms with Gasteiger partial charge < -0.3 is 0 Å². The molecule has 3 heteroatoms. The fourth-order valence-electron chi connectivity index (χ4n) is 0.0408. The van der Waals surface area contributed by atoms with E-state index in [4.69, 9.17) is 9.79 Å². The second kappa shape index (κ2) is 2.26. The summed E-state index contributed by atoms with van der Waals surface area (Å²) < 4.78 is 4.84. The highest BCUT2D eigenvalue weighted by Gasteiger charge is 2.23. The third-order valence-corrected chi connectivity index (χ3v) is 2.09. The van der Waals surface area contributed by atoms with Crippen molar-refractivity contribution in [3.8, 4) is 5.81 Å². The van der Waals surface area contributed by atoms with Crippen molar-refractivity contribution < 1.29 is 4.52 Å². The smallest absolute Gasteiger partial charge is 0.225 e. The maximum absolute atomic E-state index is 8.27. The van der Waals surface area contributed by atoms with Gasteiger partial charge in [0.15, 0.2) is 0 Å². The van der Waals surface area contributed by atoms with Crippen LogP contribution in [0.4, 0.5) is 0 Å². The molecule has 0 heterocycles. The lowest BCUT2D eigenvalue weighted by molar-refractivity contribution is 0.460. The Balaban J connectivity index is 3.66. The number of nitrogens with zero attached hydrogens (tertiary/aromatic N) is 1. The third kappa shape index (κ3) is 2.56. The van der Waals surface area contributed by atoms with Gasteiger partial charge in [0.1, 0.15) is 0 Å². The maximum atomic E-state index is 8.27. The van der Waals surface area contributed by atoms with Crippen LogP contribution in [0.2, 0.25) is 0 Å². The Hall–Kier alpha value is -0.120. The molecule has 0 bridgehead atoms. The van der Waals surface area contributed by atoms with Gasteiger partial charge in [-0.25, -0.2) is 4.52 Å². The molecule has 0 aromatic rings. The molecule has 0 radical (unpaired) electrons. The topological polar surface area (TPSA) is 33.0 Å². The molecule has 0 aromatic heterocycles. The second-order valence-electron chi connectivity index (χ2n) is 1.63. The predicted molar refractivity (Wildman–Crippen MR) is 31.4 cm³/mol. The van der Waals surface area contributed by atoms with Crippen molar-refractivity contribution in [2.45, 2.75) is 0 Å². The van der Waals surface area contributed by atoms with Crippen LogP contribution >= 0.6 is 7.49 Å². The van der Waals surface area contributed by atoms with Crippen molar-refractivity contribution in [2.24, 2.45) is 0 Å². The molecule has 0 aromatic carbocycles. The molecule has 0 saturated heterocycles. The molecule has 0 aliphatic rings. The molecule has 0 spiro atoms. The Labute approximate surface area is 44.5 Å². The van der Waals surface area contributed by atoms with Crippen molar-refractivity contribution >= 4 is 7.49 Å². The van der Waals surface area contributed by atoms with E-state index in [2.05, 4.69) is 5.81 Å². The van der Waals surface area contributed by atoms with E-state index in [1.165, 1.54) is 0 Å². The zero-order chi connectivity index (χ0) is 5.91. The summed E-state index contributed by atoms with van der Waals surface area (Å²) in [5, 5.41) is 8.27. The number of nitriles is 1. The molecule has 0 aliphatic carbocycles. The van der Waals surface area contributed by atoms with Gasteiger partial charge in [-0.3, -0.25) is 0 Å². The molecule has 0 saturated carbocycles. The zero-order valence-corrected chi connectivity index (χ0v) is 5.70. The summed E-state index contributed by atoms with van der Waals surface area (Å²) >= 11 is 0. The van der Waals surface area contributed by atoms with Gasteiger partial charge in [-0.05, 0) is 0 Å². The first-order valence-electron chi connectivity index (χ1n) is 1.93. The van der Waals surface area contributed by atoms with Crippen LogP contribution in [-0.2, 0) is 4.52 Å². The Kier molecular flexibility index (Phi) is 2.22. The molecule has 0 fully saturated rings. The maximum Gasteiger partial charge on any atom is 0.270 e. The highest BCUT2D eigenvalue weighted by Crippen LogP contribution is 2.49. The summed E-state index contributed by atoms with van der Waals surface area (Å²) in [6.45, 7) is 3.65. The number of rotatable bonds is 1. The van der Waals surface area contributed by atoms with Gasteiger partial charge >= 0.3 is 0 Å². The summed E-state index contributed by atoms with van der Waals surface area (Å²) in [5.41, 5.74) is 0. The van der Waals surface area contributed by atoms with Gasteiger partial charge in [0, 0.05) is 0 Å². The Morgan fingerprint density at radius 3 is 2.00 bits per heavy atom. The molecular formula is C4H9NOP+. The van der Waals surface area contributed by atoms with E-state index in [1.54, 1.807) is 7.11 Å². The summed E-state index contributed by atoms with van der Waals surface area (Å²) in [7, 11) is -0.0323. The van der Waals surface area contributed by atoms with Crippen LogP contribution < -0.4 is 0 Å². The van der Waals surface area contributed by atoms with Gasteiger partial charge in [0.05, 0.1) is 20.4 Å². The Morgan fingerprint density at radius 1 is 1.57 bits per heavy atom. The lowest BCUT2D eigenvalue weighted by Crippen LogP contribution is -1.83. The summed E-state index contributed by atoms with van der Waals surface area (Å²) in [5.74, 6) is 2.08. The quantitative estimate of drug-likeness (QED) is 0.486. The molecule has 0 aliphatic heterocycles. The summed E-state index contributed by atoms with van der Waals surface area (Å²) in [6, 6.07) is 0. The standard InChI is InChI=1S/C4H9NOP/c1-6-7(2,3)4-5/h1-3H3/q+1. The number of hydrogen-bond donors (Lipinski definition) is 0. The van der Waals surface area contributed by atoms with Crippen molar-refractivity contribution in [3.63, 3.8) is 0 Å². The van der Waals surface area contributed by atoms with Gasteiger partial charge in [-0.2, -0.15) is 0 Å². The average molecular weight is 118 g/mol. The van der Waals surface area contributed by atoms with E-state index < -0.39 is 7.49 Å². The van der Waals surface area contributed by atoms with Crippen molar-refractivity contribution in [2.75, 3.05) is 20.4 Å². The lowest BCUT2D eigenvalue weighted by atomic mass is 11.8. The summed E-state index contributed by atoms with van der Waals surface area (Å²) in [4.78, 5) is 0. The van der Waals surface area contributed by atoms with E-state index in [0.717, 1.165) is 0 Å². The van der Waals surface area contributed by atoms with E-state index in [-0.39, 0.29) is 0 Å². The fraction of sp³-hybridized carbons (Fsp3) is 0.750. The van der Waals surface area contributed by atoms with E-state index >= 15 is 0 Å². The van der Waals surface area contributed by atoms with Crippen LogP contribution in [0.3, 0.4) is 0 Å². The van der Waals surface area contributed by atoms with Crippen LogP contribution in [0.5, 0.6) is 0 Å². The molecule has 0 rings (SSSR count). The predicted octanol–water partition coefficient (Wildman–Crippen LogP) is 1.31. The molecule has 40 valence electrons. The molecule has 0 N–H and O–H groups in total. The van der Waals surface area contributed by atoms with Crippen LogP contribution in [0, 0.1) is 11.1 Å². The van der Waals surface area contributed by atoms with Gasteiger partial charge in [-0.1, -0.05) is 0 Å². The van der Waals surface area contributed by atoms with Crippen LogP contribution in [0.15, 0.2) is 0 Å². The molecule has 0 atom stereocenters. The van der Waals surface area contributed by atoms with Gasteiger partial charge in [0.25, 0.3) is 5.81 Å². The van der Waals surface area contributed by atoms with E-state index in [0.29, 0.717) is 0 Å². The monoisotopic (exact) mass is 118 g/mol. The zero-order valence-electron chi connectivity index (χ0n) is 4.80. The second-order valence-corrected chi connectivity index (χ2v) is 4.90. The van der Waals surface area contributed by atoms with Crippen LogP contribution in [0.25, 0.3) is 0 Å². The van der Waals surface area contributed by atoms with Crippen molar-refractivity contribution in [1.82, 2.24) is 0 Å². The third-order valence-electron chi connectivity index (χ3n) is 0.697. The van der Waals surface area contributed by atoms with Crippen molar-refractivity contribution in [1.29, 1.82) is 5.26 Å². The first kappa shape index (κ1) is 6.88. The van der Waals surface area contributed by atoms with Crippen LogP contribution in [0.1, 0.15) is 0 Å². The average Bonchev–Trinajstić information content (AvgIpc) is 1.68. The lowest BCUT2D eigenvalue weighted by Gasteiger charge is -1.98. The normalized spacial score (nSPS) is 10.6. The van der Waals surface area contributed by atoms with Crippen LogP contribution in [-0.4, -0.2) is 20.4 Å². The molecule has 7 heavy (non-hydrogen) atoms. The SMILES string of the molecule is CO[P+](C)(C)C#N. The van der Waals surface area contributed by atoms with E-state index in [9.17, 15) is 0 Å². The van der Waals surface area contributed by atoms with Gasteiger partial charge in [0.2, 0.25) is 7.49 Å². The summed E-state index contributed by atoms with van der Waals surface area (Å²) in [6.07, 6.45) is 0. The molecule has 0 amide bonds. The molecular weight excluding hydrogens is 109 g/mol.